The molecule has 1 heterocycles. The third-order valence-corrected chi connectivity index (χ3v) is 1.53. The molecule has 0 atom stereocenters. The number of ether oxygens (including phenoxy) is 1. The molecule has 6 nitrogen and oxygen atoms in total. The minimum atomic E-state index is -1.10. The van der Waals surface area contributed by atoms with Crippen LogP contribution < -0.4 is 10.1 Å². The maximum atomic E-state index is 10.2. The number of nitrogens with one attached hydrogen (secondary N) is 1. The highest BCUT2D eigenvalue weighted by atomic mass is 16.5. The largest absolute Gasteiger partial charge is 0.480 e. The van der Waals surface area contributed by atoms with E-state index in [1.54, 1.807) is 13.1 Å². The van der Waals surface area contributed by atoms with Gasteiger partial charge in [0, 0.05) is 6.20 Å². The van der Waals surface area contributed by atoms with E-state index in [1.807, 2.05) is 0 Å². The number of methoxy groups -OCH3 is 1. The number of nitrogens with zero attached hydrogens (tertiary/aromatic N) is 2. The van der Waals surface area contributed by atoms with Crippen LogP contribution in [0, 0.1) is 6.92 Å². The van der Waals surface area contributed by atoms with Crippen molar-refractivity contribution in [1.82, 2.24) is 15.3 Å². The summed E-state index contributed by atoms with van der Waals surface area (Å²) >= 11 is 0. The molecule has 1 aromatic heterocycles. The molecular formula is C8H11N3O3. The van der Waals surface area contributed by atoms with E-state index < -0.39 is 6.09 Å². The molecule has 0 radical (unpaired) electrons. The zero-order valence-electron chi connectivity index (χ0n) is 7.94. The first-order valence-electron chi connectivity index (χ1n) is 3.96. The van der Waals surface area contributed by atoms with Crippen LogP contribution >= 0.6 is 0 Å². The molecule has 1 aromatic rings. The van der Waals surface area contributed by atoms with E-state index in [0.717, 1.165) is 5.69 Å². The second-order valence-electron chi connectivity index (χ2n) is 2.63. The minimum Gasteiger partial charge on any atom is -0.480 e. The summed E-state index contributed by atoms with van der Waals surface area (Å²) in [6, 6.07) is 0. The maximum Gasteiger partial charge on any atom is 0.404 e. The molecule has 0 spiro atoms. The van der Waals surface area contributed by atoms with Gasteiger partial charge in [-0.25, -0.2) is 9.78 Å². The standard InChI is InChI=1S/C8H11N3O3/c1-5-3-9-6(4-10-8(12)13)7(11-5)14-2/h3,10H,4H2,1-2H3,(H,12,13). The number of aryl methyl sites for hydroxylation is 1. The fourth-order valence-electron chi connectivity index (χ4n) is 0.924. The molecule has 0 saturated carbocycles. The Labute approximate surface area is 80.9 Å². The number of carbonyl (C=O) groups is 1. The first-order chi connectivity index (χ1) is 6.63. The second kappa shape index (κ2) is 4.40. The normalized spacial score (nSPS) is 9.57. The van der Waals surface area contributed by atoms with Gasteiger partial charge in [0.25, 0.3) is 0 Å². The van der Waals surface area contributed by atoms with Gasteiger partial charge in [-0.05, 0) is 6.92 Å². The van der Waals surface area contributed by atoms with Crippen LogP contribution in [-0.4, -0.2) is 28.3 Å². The summed E-state index contributed by atoms with van der Waals surface area (Å²) < 4.78 is 4.95. The first kappa shape index (κ1) is 10.2. The monoisotopic (exact) mass is 197 g/mol. The Kier molecular flexibility index (Phi) is 3.22. The van der Waals surface area contributed by atoms with Crippen molar-refractivity contribution < 1.29 is 14.6 Å². The molecule has 0 unspecified atom stereocenters. The van der Waals surface area contributed by atoms with Gasteiger partial charge in [-0.15, -0.1) is 0 Å². The molecule has 0 aliphatic carbocycles. The summed E-state index contributed by atoms with van der Waals surface area (Å²) in [4.78, 5) is 18.3. The molecule has 0 aromatic carbocycles. The summed E-state index contributed by atoms with van der Waals surface area (Å²) in [6.07, 6.45) is 0.455. The van der Waals surface area contributed by atoms with Crippen LogP contribution in [0.3, 0.4) is 0 Å². The van der Waals surface area contributed by atoms with Crippen LogP contribution in [0.5, 0.6) is 5.88 Å². The minimum absolute atomic E-state index is 0.0891. The van der Waals surface area contributed by atoms with E-state index in [4.69, 9.17) is 9.84 Å². The zero-order valence-corrected chi connectivity index (χ0v) is 7.94. The first-order valence-corrected chi connectivity index (χ1v) is 3.96. The van der Waals surface area contributed by atoms with Gasteiger partial charge in [-0.1, -0.05) is 0 Å². The maximum absolute atomic E-state index is 10.2. The molecule has 1 amide bonds. The van der Waals surface area contributed by atoms with Gasteiger partial charge in [-0.2, -0.15) is 0 Å². The summed E-state index contributed by atoms with van der Waals surface area (Å²) in [5.74, 6) is 0.346. The number of amides is 1. The SMILES string of the molecule is COc1nc(C)cnc1CNC(=O)O. The molecule has 0 bridgehead atoms. The molecule has 0 aliphatic heterocycles. The van der Waals surface area contributed by atoms with Crippen molar-refractivity contribution in [3.63, 3.8) is 0 Å². The van der Waals surface area contributed by atoms with Crippen LogP contribution in [0.2, 0.25) is 0 Å². The van der Waals surface area contributed by atoms with E-state index in [1.165, 1.54) is 7.11 Å². The van der Waals surface area contributed by atoms with Crippen molar-refractivity contribution in [1.29, 1.82) is 0 Å². The highest BCUT2D eigenvalue weighted by molar-refractivity contribution is 5.64. The number of hydrogen-bond acceptors (Lipinski definition) is 4. The lowest BCUT2D eigenvalue weighted by Crippen LogP contribution is -2.21. The van der Waals surface area contributed by atoms with Crippen LogP contribution in [-0.2, 0) is 6.54 Å². The quantitative estimate of drug-likeness (QED) is 0.739. The Morgan fingerprint density at radius 2 is 2.43 bits per heavy atom. The van der Waals surface area contributed by atoms with E-state index in [0.29, 0.717) is 11.6 Å². The van der Waals surface area contributed by atoms with Gasteiger partial charge >= 0.3 is 6.09 Å². The van der Waals surface area contributed by atoms with E-state index in [9.17, 15) is 4.79 Å². The van der Waals surface area contributed by atoms with Gasteiger partial charge in [0.15, 0.2) is 0 Å². The van der Waals surface area contributed by atoms with E-state index in [2.05, 4.69) is 15.3 Å². The van der Waals surface area contributed by atoms with Gasteiger partial charge in [0.1, 0.15) is 5.69 Å². The predicted molar refractivity (Wildman–Crippen MR) is 48.2 cm³/mol. The third kappa shape index (κ3) is 2.58. The lowest BCUT2D eigenvalue weighted by Gasteiger charge is -2.06. The van der Waals surface area contributed by atoms with Crippen LogP contribution in [0.15, 0.2) is 6.20 Å². The van der Waals surface area contributed by atoms with Crippen molar-refractivity contribution in [3.05, 3.63) is 17.6 Å². The highest BCUT2D eigenvalue weighted by Crippen LogP contribution is 2.11. The predicted octanol–water partition coefficient (Wildman–Crippen LogP) is 0.561. The van der Waals surface area contributed by atoms with Crippen molar-refractivity contribution in [2.45, 2.75) is 13.5 Å². The number of carboxylic acid groups (broad SMARTS) is 1. The summed E-state index contributed by atoms with van der Waals surface area (Å²) in [7, 11) is 1.47. The lowest BCUT2D eigenvalue weighted by atomic mass is 10.4. The molecule has 0 fully saturated rings. The van der Waals surface area contributed by atoms with Crippen LogP contribution in [0.4, 0.5) is 4.79 Å². The Balaban J connectivity index is 2.80. The van der Waals surface area contributed by atoms with Crippen molar-refractivity contribution in [2.24, 2.45) is 0 Å². The van der Waals surface area contributed by atoms with Gasteiger partial charge in [0.2, 0.25) is 5.88 Å². The molecule has 2 N–H and O–H groups in total. The second-order valence-corrected chi connectivity index (χ2v) is 2.63. The molecule has 0 saturated heterocycles. The average molecular weight is 197 g/mol. The summed E-state index contributed by atoms with van der Waals surface area (Å²) in [6.45, 7) is 1.87. The summed E-state index contributed by atoms with van der Waals surface area (Å²) in [5.41, 5.74) is 1.20. The van der Waals surface area contributed by atoms with Crippen molar-refractivity contribution in [3.8, 4) is 5.88 Å². The Morgan fingerprint density at radius 1 is 1.71 bits per heavy atom. The van der Waals surface area contributed by atoms with Crippen molar-refractivity contribution >= 4 is 6.09 Å². The van der Waals surface area contributed by atoms with E-state index >= 15 is 0 Å². The molecule has 76 valence electrons. The van der Waals surface area contributed by atoms with Gasteiger partial charge in [-0.3, -0.25) is 4.98 Å². The molecule has 6 heteroatoms. The Hall–Kier alpha value is -1.85. The number of aromatic nitrogens is 2. The van der Waals surface area contributed by atoms with Gasteiger partial charge in [0.05, 0.1) is 19.3 Å². The highest BCUT2D eigenvalue weighted by Gasteiger charge is 2.07. The summed E-state index contributed by atoms with van der Waals surface area (Å²) in [5, 5.41) is 10.6. The molecular weight excluding hydrogens is 186 g/mol. The fourth-order valence-corrected chi connectivity index (χ4v) is 0.924. The Bertz CT molecular complexity index is 341. The van der Waals surface area contributed by atoms with E-state index in [-0.39, 0.29) is 6.54 Å². The lowest BCUT2D eigenvalue weighted by molar-refractivity contribution is 0.193. The van der Waals surface area contributed by atoms with Crippen LogP contribution in [0.25, 0.3) is 0 Å². The topological polar surface area (TPSA) is 84.3 Å². The zero-order chi connectivity index (χ0) is 10.6. The average Bonchev–Trinajstić information content (AvgIpc) is 2.15. The third-order valence-electron chi connectivity index (χ3n) is 1.53. The number of hydrogen-bond donors (Lipinski definition) is 2. The molecule has 1 rings (SSSR count). The molecule has 0 aliphatic rings. The smallest absolute Gasteiger partial charge is 0.404 e. The fraction of sp³-hybridized carbons (Fsp3) is 0.375. The van der Waals surface area contributed by atoms with Gasteiger partial charge < -0.3 is 15.2 Å². The Morgan fingerprint density at radius 3 is 3.00 bits per heavy atom. The van der Waals surface area contributed by atoms with Crippen molar-refractivity contribution in [2.75, 3.05) is 7.11 Å². The van der Waals surface area contributed by atoms with Crippen LogP contribution in [0.1, 0.15) is 11.4 Å². The number of rotatable bonds is 3. The molecule has 14 heavy (non-hydrogen) atoms.